The second-order valence-electron chi connectivity index (χ2n) is 3.82. The highest BCUT2D eigenvalue weighted by molar-refractivity contribution is 5.73. The van der Waals surface area contributed by atoms with E-state index in [0.717, 1.165) is 11.3 Å². The van der Waals surface area contributed by atoms with Gasteiger partial charge in [-0.05, 0) is 5.56 Å². The number of benzene rings is 1. The Morgan fingerprint density at radius 1 is 1.22 bits per heavy atom. The van der Waals surface area contributed by atoms with Gasteiger partial charge >= 0.3 is 6.03 Å². The van der Waals surface area contributed by atoms with E-state index >= 15 is 0 Å². The molecule has 2 amide bonds. The molecular weight excluding hydrogens is 230 g/mol. The average Bonchev–Trinajstić information content (AvgIpc) is 2.91. The highest BCUT2D eigenvalue weighted by Crippen LogP contribution is 1.97. The number of nitrogens with one attached hydrogen (secondary N) is 2. The summed E-state index contributed by atoms with van der Waals surface area (Å²) in [6, 6.07) is 9.59. The van der Waals surface area contributed by atoms with E-state index in [9.17, 15) is 4.79 Å². The van der Waals surface area contributed by atoms with Crippen molar-refractivity contribution in [3.05, 3.63) is 54.2 Å². The summed E-state index contributed by atoms with van der Waals surface area (Å²) < 4.78 is 4.84. The fraction of sp³-hybridized carbons (Fsp3) is 0.231. The number of rotatable bonds is 5. The molecule has 0 aliphatic heterocycles. The van der Waals surface area contributed by atoms with E-state index < -0.39 is 0 Å². The van der Waals surface area contributed by atoms with Crippen molar-refractivity contribution in [2.45, 2.75) is 13.0 Å². The second-order valence-corrected chi connectivity index (χ2v) is 3.82. The zero-order chi connectivity index (χ0) is 12.6. The Labute approximate surface area is 105 Å². The van der Waals surface area contributed by atoms with Crippen LogP contribution in [0.25, 0.3) is 0 Å². The standard InChI is InChI=1S/C13H15N3O2/c17-13(14-7-6-12-9-18-10-16-12)15-8-11-4-2-1-3-5-11/h1-5,9-10H,6-8H2,(H2,14,15,17). The maximum atomic E-state index is 11.5. The molecule has 0 aliphatic carbocycles. The number of hydrogen-bond donors (Lipinski definition) is 2. The summed E-state index contributed by atoms with van der Waals surface area (Å²) in [5.74, 6) is 0. The van der Waals surface area contributed by atoms with Gasteiger partial charge in [-0.15, -0.1) is 0 Å². The third-order valence-corrected chi connectivity index (χ3v) is 2.45. The number of carbonyl (C=O) groups is 1. The lowest BCUT2D eigenvalue weighted by atomic mass is 10.2. The maximum absolute atomic E-state index is 11.5. The number of aromatic nitrogens is 1. The van der Waals surface area contributed by atoms with Gasteiger partial charge in [0.2, 0.25) is 0 Å². The molecule has 1 aromatic heterocycles. The zero-order valence-electron chi connectivity index (χ0n) is 9.93. The fourth-order valence-electron chi connectivity index (χ4n) is 1.51. The first-order valence-electron chi connectivity index (χ1n) is 5.77. The van der Waals surface area contributed by atoms with Crippen molar-refractivity contribution in [2.24, 2.45) is 0 Å². The summed E-state index contributed by atoms with van der Waals surface area (Å²) in [5, 5.41) is 5.54. The number of hydrogen-bond acceptors (Lipinski definition) is 3. The Balaban J connectivity index is 1.63. The number of nitrogens with zero attached hydrogens (tertiary/aromatic N) is 1. The van der Waals surface area contributed by atoms with Crippen molar-refractivity contribution in [2.75, 3.05) is 6.54 Å². The average molecular weight is 245 g/mol. The van der Waals surface area contributed by atoms with E-state index in [0.29, 0.717) is 19.5 Å². The molecule has 0 atom stereocenters. The minimum absolute atomic E-state index is 0.178. The molecular formula is C13H15N3O2. The molecule has 0 bridgehead atoms. The van der Waals surface area contributed by atoms with Crippen LogP contribution in [0, 0.1) is 0 Å². The molecule has 1 heterocycles. The summed E-state index contributed by atoms with van der Waals surface area (Å²) >= 11 is 0. The van der Waals surface area contributed by atoms with Crippen molar-refractivity contribution in [1.82, 2.24) is 15.6 Å². The summed E-state index contributed by atoms with van der Waals surface area (Å²) in [4.78, 5) is 15.4. The van der Waals surface area contributed by atoms with Crippen LogP contribution in [0.4, 0.5) is 4.79 Å². The molecule has 1 aromatic carbocycles. The van der Waals surface area contributed by atoms with Gasteiger partial charge in [-0.2, -0.15) is 0 Å². The lowest BCUT2D eigenvalue weighted by Crippen LogP contribution is -2.36. The Morgan fingerprint density at radius 2 is 2.06 bits per heavy atom. The number of amides is 2. The van der Waals surface area contributed by atoms with Gasteiger partial charge in [0.25, 0.3) is 0 Å². The van der Waals surface area contributed by atoms with E-state index in [1.165, 1.54) is 6.39 Å². The number of carbonyl (C=O) groups excluding carboxylic acids is 1. The Kier molecular flexibility index (Phi) is 4.35. The molecule has 2 N–H and O–H groups in total. The van der Waals surface area contributed by atoms with Crippen LogP contribution in [0.2, 0.25) is 0 Å². The van der Waals surface area contributed by atoms with Crippen LogP contribution < -0.4 is 10.6 Å². The SMILES string of the molecule is O=C(NCCc1cocn1)NCc1ccccc1. The van der Waals surface area contributed by atoms with Crippen molar-refractivity contribution in [3.63, 3.8) is 0 Å². The lowest BCUT2D eigenvalue weighted by molar-refractivity contribution is 0.240. The predicted octanol–water partition coefficient (Wildman–Crippen LogP) is 1.72. The largest absolute Gasteiger partial charge is 0.451 e. The van der Waals surface area contributed by atoms with Crippen molar-refractivity contribution < 1.29 is 9.21 Å². The molecule has 2 aromatic rings. The molecule has 5 heteroatoms. The normalized spacial score (nSPS) is 10.0. The van der Waals surface area contributed by atoms with Gasteiger partial charge in [0.15, 0.2) is 6.39 Å². The minimum atomic E-state index is -0.178. The Hall–Kier alpha value is -2.30. The van der Waals surface area contributed by atoms with Gasteiger partial charge in [-0.25, -0.2) is 9.78 Å². The first-order chi connectivity index (χ1) is 8.84. The predicted molar refractivity (Wildman–Crippen MR) is 66.9 cm³/mol. The Bertz CT molecular complexity index is 468. The molecule has 18 heavy (non-hydrogen) atoms. The van der Waals surface area contributed by atoms with Crippen LogP contribution in [0.15, 0.2) is 47.4 Å². The quantitative estimate of drug-likeness (QED) is 0.842. The molecule has 0 fully saturated rings. The van der Waals surface area contributed by atoms with Crippen molar-refractivity contribution >= 4 is 6.03 Å². The van der Waals surface area contributed by atoms with Crippen molar-refractivity contribution in [3.8, 4) is 0 Å². The second kappa shape index (κ2) is 6.44. The van der Waals surface area contributed by atoms with Crippen LogP contribution in [-0.2, 0) is 13.0 Å². The molecule has 0 saturated carbocycles. The number of urea groups is 1. The van der Waals surface area contributed by atoms with E-state index in [-0.39, 0.29) is 6.03 Å². The van der Waals surface area contributed by atoms with E-state index in [1.807, 2.05) is 30.3 Å². The summed E-state index contributed by atoms with van der Waals surface area (Å²) in [6.45, 7) is 1.06. The molecule has 5 nitrogen and oxygen atoms in total. The molecule has 2 rings (SSSR count). The van der Waals surface area contributed by atoms with Crippen molar-refractivity contribution in [1.29, 1.82) is 0 Å². The molecule has 0 spiro atoms. The minimum Gasteiger partial charge on any atom is -0.451 e. The molecule has 0 aliphatic rings. The van der Waals surface area contributed by atoms with Gasteiger partial charge in [0.05, 0.1) is 5.69 Å². The third-order valence-electron chi connectivity index (χ3n) is 2.45. The van der Waals surface area contributed by atoms with Crippen LogP contribution in [0.3, 0.4) is 0 Å². The zero-order valence-corrected chi connectivity index (χ0v) is 9.93. The lowest BCUT2D eigenvalue weighted by Gasteiger charge is -2.06. The van der Waals surface area contributed by atoms with E-state index in [2.05, 4.69) is 15.6 Å². The smallest absolute Gasteiger partial charge is 0.315 e. The first-order valence-corrected chi connectivity index (χ1v) is 5.77. The van der Waals surface area contributed by atoms with Crippen LogP contribution in [0.5, 0.6) is 0 Å². The highest BCUT2D eigenvalue weighted by Gasteiger charge is 2.01. The maximum Gasteiger partial charge on any atom is 0.315 e. The summed E-state index contributed by atoms with van der Waals surface area (Å²) in [6.07, 6.45) is 3.61. The van der Waals surface area contributed by atoms with E-state index in [1.54, 1.807) is 6.26 Å². The van der Waals surface area contributed by atoms with Gasteiger partial charge in [0.1, 0.15) is 6.26 Å². The summed E-state index contributed by atoms with van der Waals surface area (Å²) in [5.41, 5.74) is 1.91. The molecule has 94 valence electrons. The molecule has 0 radical (unpaired) electrons. The van der Waals surface area contributed by atoms with Gasteiger partial charge in [-0.3, -0.25) is 0 Å². The molecule has 0 saturated heterocycles. The number of oxazole rings is 1. The Morgan fingerprint density at radius 3 is 2.78 bits per heavy atom. The monoisotopic (exact) mass is 245 g/mol. The summed E-state index contributed by atoms with van der Waals surface area (Å²) in [7, 11) is 0. The van der Waals surface area contributed by atoms with Gasteiger partial charge < -0.3 is 15.1 Å². The van der Waals surface area contributed by atoms with Crippen LogP contribution in [0.1, 0.15) is 11.3 Å². The van der Waals surface area contributed by atoms with Crippen LogP contribution in [-0.4, -0.2) is 17.6 Å². The van der Waals surface area contributed by atoms with Crippen LogP contribution >= 0.6 is 0 Å². The van der Waals surface area contributed by atoms with Gasteiger partial charge in [0, 0.05) is 19.5 Å². The van der Waals surface area contributed by atoms with E-state index in [4.69, 9.17) is 4.42 Å². The fourth-order valence-corrected chi connectivity index (χ4v) is 1.51. The molecule has 0 unspecified atom stereocenters. The topological polar surface area (TPSA) is 67.2 Å². The highest BCUT2D eigenvalue weighted by atomic mass is 16.3. The third kappa shape index (κ3) is 3.93. The first kappa shape index (κ1) is 12.2. The van der Waals surface area contributed by atoms with Gasteiger partial charge in [-0.1, -0.05) is 30.3 Å².